The van der Waals surface area contributed by atoms with Crippen LogP contribution in [0.25, 0.3) is 0 Å². The van der Waals surface area contributed by atoms with E-state index in [2.05, 4.69) is 15.4 Å². The topological polar surface area (TPSA) is 100 Å². The fraction of sp³-hybridized carbons (Fsp3) is 0.692. The van der Waals surface area contributed by atoms with Crippen LogP contribution in [-0.2, 0) is 18.3 Å². The van der Waals surface area contributed by atoms with E-state index < -0.39 is 12.0 Å². The number of hydrogen-bond donors (Lipinski definition) is 2. The van der Waals surface area contributed by atoms with Crippen molar-refractivity contribution in [1.29, 1.82) is 0 Å². The zero-order chi connectivity index (χ0) is 15.4. The molecule has 116 valence electrons. The van der Waals surface area contributed by atoms with Gasteiger partial charge in [-0.05, 0) is 18.8 Å². The second kappa shape index (κ2) is 6.55. The third kappa shape index (κ3) is 3.71. The standard InChI is InChI=1S/C13H21N5O3/c1-9-4-3-7-18(11(9)12(19)20)13(21)14-6-5-10-15-8-17(2)16-10/h8-9,11H,3-7H2,1-2H3,(H,14,21)(H,19,20). The van der Waals surface area contributed by atoms with Gasteiger partial charge in [0.05, 0.1) is 0 Å². The molecule has 2 rings (SSSR count). The molecule has 1 fully saturated rings. The maximum Gasteiger partial charge on any atom is 0.326 e. The summed E-state index contributed by atoms with van der Waals surface area (Å²) in [6.07, 6.45) is 3.79. The Kier molecular flexibility index (Phi) is 4.77. The van der Waals surface area contributed by atoms with Gasteiger partial charge in [0, 0.05) is 26.6 Å². The number of carbonyl (C=O) groups excluding carboxylic acids is 1. The van der Waals surface area contributed by atoms with Crippen molar-refractivity contribution < 1.29 is 14.7 Å². The Morgan fingerprint density at radius 1 is 1.52 bits per heavy atom. The maximum absolute atomic E-state index is 12.2. The molecule has 2 atom stereocenters. The molecular weight excluding hydrogens is 274 g/mol. The van der Waals surface area contributed by atoms with Gasteiger partial charge in [0.1, 0.15) is 12.4 Å². The number of carboxylic acid groups (broad SMARTS) is 1. The van der Waals surface area contributed by atoms with E-state index >= 15 is 0 Å². The van der Waals surface area contributed by atoms with Crippen LogP contribution < -0.4 is 5.32 Å². The van der Waals surface area contributed by atoms with Crippen LogP contribution >= 0.6 is 0 Å². The van der Waals surface area contributed by atoms with Crippen molar-refractivity contribution in [3.05, 3.63) is 12.2 Å². The summed E-state index contributed by atoms with van der Waals surface area (Å²) in [7, 11) is 1.78. The average molecular weight is 295 g/mol. The summed E-state index contributed by atoms with van der Waals surface area (Å²) in [5, 5.41) is 16.2. The van der Waals surface area contributed by atoms with Gasteiger partial charge in [-0.15, -0.1) is 0 Å². The molecule has 1 aliphatic heterocycles. The van der Waals surface area contributed by atoms with Crippen molar-refractivity contribution in [3.8, 4) is 0 Å². The lowest BCUT2D eigenvalue weighted by Crippen LogP contribution is -2.55. The first kappa shape index (κ1) is 15.3. The normalized spacial score (nSPS) is 22.1. The Balaban J connectivity index is 1.87. The van der Waals surface area contributed by atoms with E-state index in [9.17, 15) is 14.7 Å². The number of amides is 2. The van der Waals surface area contributed by atoms with Gasteiger partial charge in [0.15, 0.2) is 5.82 Å². The second-order valence-electron chi connectivity index (χ2n) is 5.41. The first-order valence-electron chi connectivity index (χ1n) is 7.11. The van der Waals surface area contributed by atoms with Crippen LogP contribution in [0.1, 0.15) is 25.6 Å². The lowest BCUT2D eigenvalue weighted by molar-refractivity contribution is -0.145. The molecule has 0 saturated carbocycles. The second-order valence-corrected chi connectivity index (χ2v) is 5.41. The molecule has 1 aromatic rings. The van der Waals surface area contributed by atoms with Crippen LogP contribution in [0.15, 0.2) is 6.33 Å². The SMILES string of the molecule is CC1CCCN(C(=O)NCCc2ncn(C)n2)C1C(=O)O. The molecular formula is C13H21N5O3. The summed E-state index contributed by atoms with van der Waals surface area (Å²) >= 11 is 0. The highest BCUT2D eigenvalue weighted by Gasteiger charge is 2.36. The number of aliphatic carboxylic acids is 1. The summed E-state index contributed by atoms with van der Waals surface area (Å²) in [5.41, 5.74) is 0. The molecule has 0 radical (unpaired) electrons. The first-order valence-corrected chi connectivity index (χ1v) is 7.11. The molecule has 1 aromatic heterocycles. The van der Waals surface area contributed by atoms with E-state index in [-0.39, 0.29) is 11.9 Å². The van der Waals surface area contributed by atoms with Crippen LogP contribution in [0.4, 0.5) is 4.79 Å². The van der Waals surface area contributed by atoms with E-state index in [0.29, 0.717) is 25.3 Å². The summed E-state index contributed by atoms with van der Waals surface area (Å²) < 4.78 is 1.60. The van der Waals surface area contributed by atoms with Crippen LogP contribution in [0.3, 0.4) is 0 Å². The number of carbonyl (C=O) groups is 2. The molecule has 1 saturated heterocycles. The van der Waals surface area contributed by atoms with Gasteiger partial charge in [-0.25, -0.2) is 14.6 Å². The smallest absolute Gasteiger partial charge is 0.326 e. The van der Waals surface area contributed by atoms with Crippen molar-refractivity contribution >= 4 is 12.0 Å². The van der Waals surface area contributed by atoms with Crippen molar-refractivity contribution in [1.82, 2.24) is 25.0 Å². The van der Waals surface area contributed by atoms with Crippen LogP contribution in [0.5, 0.6) is 0 Å². The number of hydrogen-bond acceptors (Lipinski definition) is 4. The molecule has 8 heteroatoms. The third-order valence-corrected chi connectivity index (χ3v) is 3.72. The van der Waals surface area contributed by atoms with Crippen LogP contribution in [0.2, 0.25) is 0 Å². The number of rotatable bonds is 4. The number of nitrogens with zero attached hydrogens (tertiary/aromatic N) is 4. The predicted molar refractivity (Wildman–Crippen MR) is 74.6 cm³/mol. The number of aryl methyl sites for hydroxylation is 1. The van der Waals surface area contributed by atoms with Gasteiger partial charge in [0.2, 0.25) is 0 Å². The molecule has 2 heterocycles. The van der Waals surface area contributed by atoms with Crippen molar-refractivity contribution in [3.63, 3.8) is 0 Å². The number of aromatic nitrogens is 3. The van der Waals surface area contributed by atoms with E-state index in [1.807, 2.05) is 6.92 Å². The molecule has 0 aliphatic carbocycles. The molecule has 2 N–H and O–H groups in total. The zero-order valence-corrected chi connectivity index (χ0v) is 12.3. The maximum atomic E-state index is 12.2. The Hall–Kier alpha value is -2.12. The van der Waals surface area contributed by atoms with Crippen molar-refractivity contribution in [2.24, 2.45) is 13.0 Å². The molecule has 0 bridgehead atoms. The average Bonchev–Trinajstić information content (AvgIpc) is 2.83. The highest BCUT2D eigenvalue weighted by Crippen LogP contribution is 2.23. The summed E-state index contributed by atoms with van der Waals surface area (Å²) in [6, 6.07) is -1.07. The van der Waals surface area contributed by atoms with E-state index in [1.165, 1.54) is 4.90 Å². The number of carboxylic acids is 1. The minimum atomic E-state index is -0.941. The third-order valence-electron chi connectivity index (χ3n) is 3.72. The van der Waals surface area contributed by atoms with Gasteiger partial charge in [-0.3, -0.25) is 4.68 Å². The van der Waals surface area contributed by atoms with Gasteiger partial charge < -0.3 is 15.3 Å². The van der Waals surface area contributed by atoms with Gasteiger partial charge in [0.25, 0.3) is 0 Å². The Morgan fingerprint density at radius 3 is 2.90 bits per heavy atom. The Labute approximate surface area is 123 Å². The number of nitrogens with one attached hydrogen (secondary N) is 1. The highest BCUT2D eigenvalue weighted by atomic mass is 16.4. The fourth-order valence-electron chi connectivity index (χ4n) is 2.67. The molecule has 0 spiro atoms. The molecule has 8 nitrogen and oxygen atoms in total. The number of urea groups is 1. The number of likely N-dealkylation sites (tertiary alicyclic amines) is 1. The molecule has 2 unspecified atom stereocenters. The van der Waals surface area contributed by atoms with E-state index in [1.54, 1.807) is 18.1 Å². The molecule has 21 heavy (non-hydrogen) atoms. The minimum absolute atomic E-state index is 0.0283. The highest BCUT2D eigenvalue weighted by molar-refractivity contribution is 5.83. The first-order chi connectivity index (χ1) is 9.99. The van der Waals surface area contributed by atoms with Gasteiger partial charge in [-0.1, -0.05) is 6.92 Å². The fourth-order valence-corrected chi connectivity index (χ4v) is 2.67. The lowest BCUT2D eigenvalue weighted by Gasteiger charge is -2.37. The molecule has 2 amide bonds. The van der Waals surface area contributed by atoms with Crippen LogP contribution in [0, 0.1) is 5.92 Å². The Bertz CT molecular complexity index is 516. The quantitative estimate of drug-likeness (QED) is 0.829. The summed E-state index contributed by atoms with van der Waals surface area (Å²) in [5.74, 6) is -0.317. The largest absolute Gasteiger partial charge is 0.480 e. The molecule has 1 aliphatic rings. The zero-order valence-electron chi connectivity index (χ0n) is 12.3. The van der Waals surface area contributed by atoms with Gasteiger partial charge in [-0.2, -0.15) is 5.10 Å². The minimum Gasteiger partial charge on any atom is -0.480 e. The van der Waals surface area contributed by atoms with Crippen LogP contribution in [-0.4, -0.2) is 55.9 Å². The summed E-state index contributed by atoms with van der Waals surface area (Å²) in [4.78, 5) is 29.0. The monoisotopic (exact) mass is 295 g/mol. The van der Waals surface area contributed by atoms with Crippen molar-refractivity contribution in [2.75, 3.05) is 13.1 Å². The molecule has 0 aromatic carbocycles. The summed E-state index contributed by atoms with van der Waals surface area (Å²) in [6.45, 7) is 2.74. The van der Waals surface area contributed by atoms with E-state index in [4.69, 9.17) is 0 Å². The van der Waals surface area contributed by atoms with E-state index in [0.717, 1.165) is 12.8 Å². The lowest BCUT2D eigenvalue weighted by atomic mass is 9.91. The Morgan fingerprint density at radius 2 is 2.29 bits per heavy atom. The van der Waals surface area contributed by atoms with Crippen molar-refractivity contribution in [2.45, 2.75) is 32.2 Å². The predicted octanol–water partition coefficient (Wildman–Crippen LogP) is 0.252. The van der Waals surface area contributed by atoms with Gasteiger partial charge >= 0.3 is 12.0 Å². The number of piperidine rings is 1.